The van der Waals surface area contributed by atoms with Gasteiger partial charge < -0.3 is 9.84 Å². The highest BCUT2D eigenvalue weighted by Crippen LogP contribution is 2.34. The van der Waals surface area contributed by atoms with Gasteiger partial charge in [0.25, 0.3) is 0 Å². The van der Waals surface area contributed by atoms with Crippen molar-refractivity contribution in [2.75, 3.05) is 6.54 Å². The first-order valence-electron chi connectivity index (χ1n) is 6.13. The molecule has 0 saturated heterocycles. The second-order valence-electron chi connectivity index (χ2n) is 4.35. The monoisotopic (exact) mass is 285 g/mol. The standard InChI is InChI=1S/C13H14F3N3O/c1-9(17-7-6-12-18-8-19-20-12)10-4-2-3-5-11(10)13(14,15)16/h2-5,8-9,17H,6-7H2,1H3. The summed E-state index contributed by atoms with van der Waals surface area (Å²) in [4.78, 5) is 3.84. The summed E-state index contributed by atoms with van der Waals surface area (Å²) in [7, 11) is 0. The first kappa shape index (κ1) is 14.5. The fourth-order valence-corrected chi connectivity index (χ4v) is 1.94. The van der Waals surface area contributed by atoms with Gasteiger partial charge in [-0.1, -0.05) is 23.4 Å². The van der Waals surface area contributed by atoms with Gasteiger partial charge in [0.2, 0.25) is 5.89 Å². The molecular weight excluding hydrogens is 271 g/mol. The van der Waals surface area contributed by atoms with E-state index in [4.69, 9.17) is 4.52 Å². The maximum Gasteiger partial charge on any atom is 0.416 e. The average molecular weight is 285 g/mol. The average Bonchev–Trinajstić information content (AvgIpc) is 2.91. The van der Waals surface area contributed by atoms with Crippen molar-refractivity contribution in [3.63, 3.8) is 0 Å². The lowest BCUT2D eigenvalue weighted by molar-refractivity contribution is -0.138. The zero-order chi connectivity index (χ0) is 14.6. The molecule has 1 aromatic carbocycles. The molecule has 2 aromatic rings. The van der Waals surface area contributed by atoms with Crippen LogP contribution in [0.25, 0.3) is 0 Å². The Hall–Kier alpha value is -1.89. The van der Waals surface area contributed by atoms with E-state index in [-0.39, 0.29) is 5.56 Å². The van der Waals surface area contributed by atoms with Crippen molar-refractivity contribution in [2.45, 2.75) is 25.6 Å². The van der Waals surface area contributed by atoms with Crippen LogP contribution in [-0.2, 0) is 12.6 Å². The van der Waals surface area contributed by atoms with Crippen LogP contribution in [0.4, 0.5) is 13.2 Å². The maximum atomic E-state index is 12.9. The Balaban J connectivity index is 2.00. The van der Waals surface area contributed by atoms with Crippen LogP contribution >= 0.6 is 0 Å². The van der Waals surface area contributed by atoms with E-state index in [2.05, 4.69) is 15.5 Å². The Kier molecular flexibility index (Phi) is 4.39. The number of nitrogens with one attached hydrogen (secondary N) is 1. The van der Waals surface area contributed by atoms with Crippen molar-refractivity contribution in [2.24, 2.45) is 0 Å². The first-order chi connectivity index (χ1) is 9.48. The van der Waals surface area contributed by atoms with Crippen molar-refractivity contribution >= 4 is 0 Å². The maximum absolute atomic E-state index is 12.9. The lowest BCUT2D eigenvalue weighted by Gasteiger charge is -2.19. The smallest absolute Gasteiger partial charge is 0.340 e. The van der Waals surface area contributed by atoms with Gasteiger partial charge in [-0.2, -0.15) is 18.2 Å². The SMILES string of the molecule is CC(NCCc1ncno1)c1ccccc1C(F)(F)F. The largest absolute Gasteiger partial charge is 0.416 e. The van der Waals surface area contributed by atoms with E-state index in [1.807, 2.05) is 0 Å². The second-order valence-corrected chi connectivity index (χ2v) is 4.35. The molecule has 2 rings (SSSR count). The van der Waals surface area contributed by atoms with Gasteiger partial charge >= 0.3 is 6.18 Å². The van der Waals surface area contributed by atoms with E-state index in [0.717, 1.165) is 6.07 Å². The Labute approximate surface area is 114 Å². The fraction of sp³-hybridized carbons (Fsp3) is 0.385. The van der Waals surface area contributed by atoms with Crippen molar-refractivity contribution in [1.29, 1.82) is 0 Å². The van der Waals surface area contributed by atoms with Gasteiger partial charge in [-0.25, -0.2) is 0 Å². The topological polar surface area (TPSA) is 51.0 Å². The van der Waals surface area contributed by atoms with Crippen LogP contribution < -0.4 is 5.32 Å². The van der Waals surface area contributed by atoms with Gasteiger partial charge in [0.15, 0.2) is 6.33 Å². The Bertz CT molecular complexity index is 540. The number of hydrogen-bond acceptors (Lipinski definition) is 4. The van der Waals surface area contributed by atoms with Crippen molar-refractivity contribution in [3.05, 3.63) is 47.6 Å². The highest BCUT2D eigenvalue weighted by atomic mass is 19.4. The van der Waals surface area contributed by atoms with E-state index in [1.165, 1.54) is 18.5 Å². The third-order valence-electron chi connectivity index (χ3n) is 2.93. The van der Waals surface area contributed by atoms with Gasteiger partial charge in [0.05, 0.1) is 5.56 Å². The molecule has 1 heterocycles. The summed E-state index contributed by atoms with van der Waals surface area (Å²) in [6, 6.07) is 5.13. The van der Waals surface area contributed by atoms with Crippen LogP contribution in [0.15, 0.2) is 35.1 Å². The van der Waals surface area contributed by atoms with E-state index < -0.39 is 17.8 Å². The third-order valence-corrected chi connectivity index (χ3v) is 2.93. The molecule has 20 heavy (non-hydrogen) atoms. The lowest BCUT2D eigenvalue weighted by Crippen LogP contribution is -2.24. The number of nitrogens with zero attached hydrogens (tertiary/aromatic N) is 2. The van der Waals surface area contributed by atoms with Crippen LogP contribution in [0, 0.1) is 0 Å². The number of aromatic nitrogens is 2. The summed E-state index contributed by atoms with van der Waals surface area (Å²) < 4.78 is 43.5. The Morgan fingerprint density at radius 2 is 2.05 bits per heavy atom. The quantitative estimate of drug-likeness (QED) is 0.917. The minimum Gasteiger partial charge on any atom is -0.340 e. The number of halogens is 3. The minimum absolute atomic E-state index is 0.227. The molecule has 0 amide bonds. The fourth-order valence-electron chi connectivity index (χ4n) is 1.94. The molecule has 1 atom stereocenters. The minimum atomic E-state index is -4.35. The van der Waals surface area contributed by atoms with E-state index in [1.54, 1.807) is 13.0 Å². The van der Waals surface area contributed by atoms with Gasteiger partial charge in [-0.3, -0.25) is 0 Å². The molecule has 0 fully saturated rings. The number of rotatable bonds is 5. The lowest BCUT2D eigenvalue weighted by atomic mass is 10.0. The molecule has 108 valence electrons. The molecule has 1 unspecified atom stereocenters. The van der Waals surface area contributed by atoms with Gasteiger partial charge in [-0.15, -0.1) is 0 Å². The first-order valence-corrected chi connectivity index (χ1v) is 6.13. The van der Waals surface area contributed by atoms with E-state index in [0.29, 0.717) is 18.9 Å². The van der Waals surface area contributed by atoms with Crippen LogP contribution in [-0.4, -0.2) is 16.7 Å². The summed E-state index contributed by atoms with van der Waals surface area (Å²) in [6.45, 7) is 2.15. The zero-order valence-corrected chi connectivity index (χ0v) is 10.8. The predicted octanol–water partition coefficient (Wildman–Crippen LogP) is 2.98. The van der Waals surface area contributed by atoms with E-state index in [9.17, 15) is 13.2 Å². The molecule has 0 aliphatic rings. The van der Waals surface area contributed by atoms with Crippen molar-refractivity contribution in [1.82, 2.24) is 15.5 Å². The van der Waals surface area contributed by atoms with E-state index >= 15 is 0 Å². The molecule has 0 aliphatic carbocycles. The summed E-state index contributed by atoms with van der Waals surface area (Å²) in [6.07, 6.45) is -2.59. The van der Waals surface area contributed by atoms with Gasteiger partial charge in [0.1, 0.15) is 0 Å². The molecule has 1 N–H and O–H groups in total. The highest BCUT2D eigenvalue weighted by Gasteiger charge is 2.33. The summed E-state index contributed by atoms with van der Waals surface area (Å²) in [5.74, 6) is 0.453. The summed E-state index contributed by atoms with van der Waals surface area (Å²) in [5, 5.41) is 6.48. The third kappa shape index (κ3) is 3.57. The van der Waals surface area contributed by atoms with Crippen LogP contribution in [0.3, 0.4) is 0 Å². The van der Waals surface area contributed by atoms with Crippen LogP contribution in [0.2, 0.25) is 0 Å². The number of hydrogen-bond donors (Lipinski definition) is 1. The van der Waals surface area contributed by atoms with Gasteiger partial charge in [0, 0.05) is 19.0 Å². The number of benzene rings is 1. The van der Waals surface area contributed by atoms with Crippen molar-refractivity contribution in [3.8, 4) is 0 Å². The normalized spacial score (nSPS) is 13.4. The highest BCUT2D eigenvalue weighted by molar-refractivity contribution is 5.32. The molecule has 4 nitrogen and oxygen atoms in total. The molecule has 0 bridgehead atoms. The molecule has 0 spiro atoms. The zero-order valence-electron chi connectivity index (χ0n) is 10.8. The summed E-state index contributed by atoms with van der Waals surface area (Å²) >= 11 is 0. The van der Waals surface area contributed by atoms with Crippen LogP contribution in [0.1, 0.15) is 30.0 Å². The summed E-state index contributed by atoms with van der Waals surface area (Å²) in [5.41, 5.74) is -0.386. The predicted molar refractivity (Wildman–Crippen MR) is 65.9 cm³/mol. The molecule has 1 aromatic heterocycles. The molecule has 0 radical (unpaired) electrons. The van der Waals surface area contributed by atoms with Crippen LogP contribution in [0.5, 0.6) is 0 Å². The molecule has 7 heteroatoms. The molecular formula is C13H14F3N3O. The molecule has 0 aliphatic heterocycles. The molecule has 0 saturated carbocycles. The van der Waals surface area contributed by atoms with Gasteiger partial charge in [-0.05, 0) is 18.6 Å². The Morgan fingerprint density at radius 1 is 1.30 bits per heavy atom. The second kappa shape index (κ2) is 6.04. The number of alkyl halides is 3. The Morgan fingerprint density at radius 3 is 2.70 bits per heavy atom. The van der Waals surface area contributed by atoms with Crippen molar-refractivity contribution < 1.29 is 17.7 Å².